The Hall–Kier alpha value is -1.65. The maximum atomic E-state index is 11.7. The van der Waals surface area contributed by atoms with Gasteiger partial charge in [-0.1, -0.05) is 0 Å². The largest absolute Gasteiger partial charge is 0.443 e. The van der Waals surface area contributed by atoms with Crippen LogP contribution >= 0.6 is 0 Å². The summed E-state index contributed by atoms with van der Waals surface area (Å²) in [5.74, 6) is 0. The van der Waals surface area contributed by atoms with Gasteiger partial charge in [-0.05, 0) is 20.8 Å². The van der Waals surface area contributed by atoms with Crippen molar-refractivity contribution in [3.63, 3.8) is 0 Å². The monoisotopic (exact) mass is 207 g/mol. The minimum atomic E-state index is -0.469. The zero-order valence-electron chi connectivity index (χ0n) is 9.02. The van der Waals surface area contributed by atoms with Crippen LogP contribution in [-0.4, -0.2) is 35.1 Å². The van der Waals surface area contributed by atoms with Crippen LogP contribution in [0.4, 0.5) is 4.79 Å². The van der Waals surface area contributed by atoms with Crippen molar-refractivity contribution in [1.29, 1.82) is 0 Å². The maximum absolute atomic E-state index is 11.7. The van der Waals surface area contributed by atoms with Crippen LogP contribution in [0.2, 0.25) is 0 Å². The second-order valence-electron chi connectivity index (χ2n) is 4.48. The Morgan fingerprint density at radius 3 is 2.87 bits per heavy atom. The molecule has 0 radical (unpaired) electrons. The summed E-state index contributed by atoms with van der Waals surface area (Å²) in [6.07, 6.45) is 3.00. The van der Waals surface area contributed by atoms with Crippen LogP contribution in [-0.2, 0) is 4.74 Å². The van der Waals surface area contributed by atoms with Crippen molar-refractivity contribution in [2.75, 3.05) is 6.54 Å². The Kier molecular flexibility index (Phi) is 2.10. The molecule has 80 valence electrons. The van der Waals surface area contributed by atoms with Gasteiger partial charge in [0.2, 0.25) is 0 Å². The first-order valence-corrected chi connectivity index (χ1v) is 4.77. The molecule has 0 bridgehead atoms. The van der Waals surface area contributed by atoms with E-state index in [0.29, 0.717) is 6.54 Å². The Labute approximate surface area is 88.1 Å². The van der Waals surface area contributed by atoms with Crippen LogP contribution in [0, 0.1) is 0 Å². The molecule has 2 rings (SSSR count). The molecule has 0 aromatic carbocycles. The number of hydrogen-bond donors (Lipinski definition) is 0. The van der Waals surface area contributed by atoms with E-state index in [1.54, 1.807) is 12.4 Å². The van der Waals surface area contributed by atoms with Crippen molar-refractivity contribution in [1.82, 2.24) is 4.90 Å². The summed E-state index contributed by atoms with van der Waals surface area (Å²) in [6.45, 7) is 5.97. The van der Waals surface area contributed by atoms with Crippen LogP contribution in [0.15, 0.2) is 22.0 Å². The van der Waals surface area contributed by atoms with Gasteiger partial charge >= 0.3 is 6.09 Å². The molecule has 2 heterocycles. The highest BCUT2D eigenvalue weighted by Gasteiger charge is 2.28. The van der Waals surface area contributed by atoms with E-state index in [4.69, 9.17) is 4.74 Å². The SMILES string of the molecule is CC(C)(C)OC(=O)N1C=C2C=NN=C2C1. The predicted octanol–water partition coefficient (Wildman–Crippen LogP) is 1.56. The molecule has 0 spiro atoms. The lowest BCUT2D eigenvalue weighted by atomic mass is 10.2. The Morgan fingerprint density at radius 2 is 2.27 bits per heavy atom. The first-order valence-electron chi connectivity index (χ1n) is 4.77. The molecule has 5 heteroatoms. The van der Waals surface area contributed by atoms with Gasteiger partial charge in [-0.25, -0.2) is 4.79 Å². The molecule has 15 heavy (non-hydrogen) atoms. The molecule has 0 aliphatic carbocycles. The number of fused-ring (bicyclic) bond motifs is 1. The zero-order chi connectivity index (χ0) is 11.1. The summed E-state index contributed by atoms with van der Waals surface area (Å²) in [7, 11) is 0. The molecule has 0 saturated carbocycles. The van der Waals surface area contributed by atoms with Gasteiger partial charge < -0.3 is 4.74 Å². The number of hydrogen-bond acceptors (Lipinski definition) is 4. The van der Waals surface area contributed by atoms with Gasteiger partial charge in [-0.3, -0.25) is 4.90 Å². The van der Waals surface area contributed by atoms with Gasteiger partial charge in [0.15, 0.2) is 0 Å². The van der Waals surface area contributed by atoms with E-state index in [2.05, 4.69) is 10.2 Å². The van der Waals surface area contributed by atoms with Crippen molar-refractivity contribution in [2.24, 2.45) is 10.2 Å². The van der Waals surface area contributed by atoms with Gasteiger partial charge in [0.25, 0.3) is 0 Å². The molecule has 5 nitrogen and oxygen atoms in total. The normalized spacial score (nSPS) is 18.7. The van der Waals surface area contributed by atoms with E-state index in [-0.39, 0.29) is 6.09 Å². The number of ether oxygens (including phenoxy) is 1. The lowest BCUT2D eigenvalue weighted by molar-refractivity contribution is 0.0362. The minimum Gasteiger partial charge on any atom is -0.443 e. The van der Waals surface area contributed by atoms with Crippen LogP contribution < -0.4 is 0 Å². The highest BCUT2D eigenvalue weighted by Crippen LogP contribution is 2.18. The molecule has 0 aromatic heterocycles. The third-order valence-corrected chi connectivity index (χ3v) is 1.95. The van der Waals surface area contributed by atoms with Crippen molar-refractivity contribution in [3.05, 3.63) is 11.8 Å². The topological polar surface area (TPSA) is 54.3 Å². The highest BCUT2D eigenvalue weighted by molar-refractivity contribution is 6.21. The predicted molar refractivity (Wildman–Crippen MR) is 57.0 cm³/mol. The summed E-state index contributed by atoms with van der Waals surface area (Å²) in [5.41, 5.74) is 1.24. The Bertz CT molecular complexity index is 388. The van der Waals surface area contributed by atoms with E-state index >= 15 is 0 Å². The minimum absolute atomic E-state index is 0.347. The summed E-state index contributed by atoms with van der Waals surface area (Å²) in [5, 5.41) is 7.65. The third-order valence-electron chi connectivity index (χ3n) is 1.95. The zero-order valence-corrected chi connectivity index (χ0v) is 9.02. The molecular weight excluding hydrogens is 194 g/mol. The first kappa shape index (κ1) is 9.89. The van der Waals surface area contributed by atoms with E-state index < -0.39 is 5.60 Å². The van der Waals surface area contributed by atoms with Crippen molar-refractivity contribution < 1.29 is 9.53 Å². The van der Waals surface area contributed by atoms with Crippen molar-refractivity contribution in [2.45, 2.75) is 26.4 Å². The Balaban J connectivity index is 2.03. The van der Waals surface area contributed by atoms with Gasteiger partial charge in [0.05, 0.1) is 18.5 Å². The standard InChI is InChI=1S/C10H13N3O2/c1-10(2,3)15-9(14)13-5-7-4-11-12-8(7)6-13/h4-5H,6H2,1-3H3. The number of carbonyl (C=O) groups is 1. The lowest BCUT2D eigenvalue weighted by Gasteiger charge is -2.22. The maximum Gasteiger partial charge on any atom is 0.414 e. The molecule has 2 aliphatic rings. The molecule has 0 unspecified atom stereocenters. The molecule has 2 aliphatic heterocycles. The molecule has 0 saturated heterocycles. The second-order valence-corrected chi connectivity index (χ2v) is 4.48. The number of carbonyl (C=O) groups excluding carboxylic acids is 1. The van der Waals surface area contributed by atoms with Gasteiger partial charge in [0, 0.05) is 11.8 Å². The summed E-state index contributed by atoms with van der Waals surface area (Å²) < 4.78 is 5.23. The summed E-state index contributed by atoms with van der Waals surface area (Å²) in [4.78, 5) is 13.2. The fourth-order valence-corrected chi connectivity index (χ4v) is 1.34. The number of amides is 1. The smallest absolute Gasteiger partial charge is 0.414 e. The molecule has 0 fully saturated rings. The third kappa shape index (κ3) is 2.06. The van der Waals surface area contributed by atoms with Crippen LogP contribution in [0.3, 0.4) is 0 Å². The number of nitrogens with zero attached hydrogens (tertiary/aromatic N) is 3. The quantitative estimate of drug-likeness (QED) is 0.605. The molecule has 0 N–H and O–H groups in total. The molecular formula is C10H13N3O2. The lowest BCUT2D eigenvalue weighted by Crippen LogP contribution is -2.33. The van der Waals surface area contributed by atoms with Gasteiger partial charge in [-0.2, -0.15) is 10.2 Å². The fraction of sp³-hybridized carbons (Fsp3) is 0.500. The van der Waals surface area contributed by atoms with Crippen LogP contribution in [0.5, 0.6) is 0 Å². The van der Waals surface area contributed by atoms with Crippen LogP contribution in [0.25, 0.3) is 0 Å². The molecule has 1 amide bonds. The fourth-order valence-electron chi connectivity index (χ4n) is 1.34. The highest BCUT2D eigenvalue weighted by atomic mass is 16.6. The van der Waals surface area contributed by atoms with E-state index in [1.165, 1.54) is 4.90 Å². The number of rotatable bonds is 0. The summed E-state index contributed by atoms with van der Waals surface area (Å²) in [6, 6.07) is 0. The average Bonchev–Trinajstić information content (AvgIpc) is 2.56. The second kappa shape index (κ2) is 3.18. The van der Waals surface area contributed by atoms with Gasteiger partial charge in [-0.15, -0.1) is 0 Å². The van der Waals surface area contributed by atoms with Gasteiger partial charge in [0.1, 0.15) is 5.60 Å². The molecule has 0 aromatic rings. The first-order chi connectivity index (χ1) is 6.96. The Morgan fingerprint density at radius 1 is 1.53 bits per heavy atom. The van der Waals surface area contributed by atoms with Crippen LogP contribution in [0.1, 0.15) is 20.8 Å². The summed E-state index contributed by atoms with van der Waals surface area (Å²) >= 11 is 0. The van der Waals surface area contributed by atoms with E-state index in [0.717, 1.165) is 11.3 Å². The van der Waals surface area contributed by atoms with E-state index in [1.807, 2.05) is 20.8 Å². The van der Waals surface area contributed by atoms with E-state index in [9.17, 15) is 4.79 Å². The van der Waals surface area contributed by atoms with Crippen molar-refractivity contribution >= 4 is 18.0 Å². The molecule has 0 atom stereocenters. The van der Waals surface area contributed by atoms with Crippen molar-refractivity contribution in [3.8, 4) is 0 Å². The average molecular weight is 207 g/mol.